The van der Waals surface area contributed by atoms with Crippen LogP contribution in [0.15, 0.2) is 12.7 Å². The second kappa shape index (κ2) is 7.77. The quantitative estimate of drug-likeness (QED) is 0.523. The topological polar surface area (TPSA) is 32.3 Å². The van der Waals surface area contributed by atoms with Gasteiger partial charge in [0, 0.05) is 31.1 Å². The Morgan fingerprint density at radius 1 is 1.47 bits per heavy atom. The zero-order chi connectivity index (χ0) is 10.9. The van der Waals surface area contributed by atoms with E-state index < -0.39 is 0 Å². The van der Waals surface area contributed by atoms with Gasteiger partial charge in [-0.25, -0.2) is 0 Å². The van der Waals surface area contributed by atoms with E-state index in [1.807, 2.05) is 22.7 Å². The van der Waals surface area contributed by atoms with Crippen molar-refractivity contribution in [2.75, 3.05) is 37.7 Å². The Morgan fingerprint density at radius 3 is 2.87 bits per heavy atom. The molecule has 1 rings (SSSR count). The summed E-state index contributed by atoms with van der Waals surface area (Å²) in [7, 11) is 0. The van der Waals surface area contributed by atoms with Gasteiger partial charge in [0.2, 0.25) is 5.91 Å². The molecule has 0 spiro atoms. The Kier molecular flexibility index (Phi) is 6.52. The minimum Gasteiger partial charge on any atom is -0.342 e. The molecule has 0 atom stereocenters. The van der Waals surface area contributed by atoms with Crippen molar-refractivity contribution in [2.24, 2.45) is 0 Å². The number of hydrogen-bond donors (Lipinski definition) is 1. The smallest absolute Gasteiger partial charge is 0.236 e. The number of carbonyl (C=O) groups is 1. The van der Waals surface area contributed by atoms with Crippen LogP contribution in [0.1, 0.15) is 12.8 Å². The van der Waals surface area contributed by atoms with Gasteiger partial charge in [-0.3, -0.25) is 4.79 Å². The number of nitrogens with one attached hydrogen (secondary N) is 1. The number of nitrogens with zero attached hydrogens (tertiary/aromatic N) is 1. The monoisotopic (exact) mass is 228 g/mol. The number of amides is 1. The normalized spacial score (nSPS) is 15.6. The van der Waals surface area contributed by atoms with Gasteiger partial charge in [0.05, 0.1) is 6.54 Å². The molecular formula is C11H20N2OS. The molecule has 1 aliphatic heterocycles. The van der Waals surface area contributed by atoms with Gasteiger partial charge in [0.1, 0.15) is 0 Å². The van der Waals surface area contributed by atoms with Gasteiger partial charge < -0.3 is 10.2 Å². The lowest BCUT2D eigenvalue weighted by atomic mass is 10.4. The lowest BCUT2D eigenvalue weighted by Crippen LogP contribution is -2.36. The van der Waals surface area contributed by atoms with Crippen molar-refractivity contribution < 1.29 is 4.79 Å². The SMILES string of the molecule is C=CCSCCNCC(=O)N1CCCC1. The number of thioether (sulfide) groups is 1. The van der Waals surface area contributed by atoms with Crippen LogP contribution in [0.5, 0.6) is 0 Å². The molecule has 1 heterocycles. The van der Waals surface area contributed by atoms with Crippen molar-refractivity contribution in [1.82, 2.24) is 10.2 Å². The second-order valence-electron chi connectivity index (χ2n) is 3.63. The molecular weight excluding hydrogens is 208 g/mol. The van der Waals surface area contributed by atoms with Crippen molar-refractivity contribution in [3.63, 3.8) is 0 Å². The van der Waals surface area contributed by atoms with E-state index in [4.69, 9.17) is 0 Å². The van der Waals surface area contributed by atoms with Crippen LogP contribution >= 0.6 is 11.8 Å². The number of likely N-dealkylation sites (tertiary alicyclic amines) is 1. The highest BCUT2D eigenvalue weighted by Gasteiger charge is 2.16. The van der Waals surface area contributed by atoms with Crippen molar-refractivity contribution in [3.8, 4) is 0 Å². The molecule has 1 N–H and O–H groups in total. The molecule has 0 aromatic carbocycles. The molecule has 1 amide bonds. The number of rotatable bonds is 7. The molecule has 0 radical (unpaired) electrons. The van der Waals surface area contributed by atoms with Gasteiger partial charge in [-0.05, 0) is 12.8 Å². The van der Waals surface area contributed by atoms with Crippen LogP contribution < -0.4 is 5.32 Å². The molecule has 15 heavy (non-hydrogen) atoms. The van der Waals surface area contributed by atoms with E-state index in [9.17, 15) is 4.79 Å². The molecule has 1 aliphatic rings. The predicted molar refractivity (Wildman–Crippen MR) is 66.2 cm³/mol. The third-order valence-corrected chi connectivity index (χ3v) is 3.36. The first-order valence-corrected chi connectivity index (χ1v) is 6.67. The van der Waals surface area contributed by atoms with Crippen LogP contribution in [0, 0.1) is 0 Å². The highest BCUT2D eigenvalue weighted by molar-refractivity contribution is 7.99. The molecule has 3 nitrogen and oxygen atoms in total. The Bertz CT molecular complexity index is 203. The summed E-state index contributed by atoms with van der Waals surface area (Å²) >= 11 is 1.83. The number of carbonyl (C=O) groups excluding carboxylic acids is 1. The largest absolute Gasteiger partial charge is 0.342 e. The van der Waals surface area contributed by atoms with E-state index in [1.54, 1.807) is 0 Å². The zero-order valence-electron chi connectivity index (χ0n) is 9.21. The third-order valence-electron chi connectivity index (χ3n) is 2.39. The van der Waals surface area contributed by atoms with Gasteiger partial charge in [-0.2, -0.15) is 11.8 Å². The Labute approximate surface area is 96.3 Å². The first kappa shape index (κ1) is 12.6. The van der Waals surface area contributed by atoms with Crippen LogP contribution in [-0.2, 0) is 4.79 Å². The fourth-order valence-electron chi connectivity index (χ4n) is 1.58. The Morgan fingerprint density at radius 2 is 2.20 bits per heavy atom. The van der Waals surface area contributed by atoms with E-state index >= 15 is 0 Å². The molecule has 1 fully saturated rings. The lowest BCUT2D eigenvalue weighted by molar-refractivity contribution is -0.129. The van der Waals surface area contributed by atoms with Gasteiger partial charge in [0.25, 0.3) is 0 Å². The molecule has 4 heteroatoms. The summed E-state index contributed by atoms with van der Waals surface area (Å²) in [6.45, 7) is 6.95. The van der Waals surface area contributed by atoms with Crippen LogP contribution in [0.3, 0.4) is 0 Å². The standard InChI is InChI=1S/C11H20N2OS/c1-2-8-15-9-5-12-10-11(14)13-6-3-4-7-13/h2,12H,1,3-10H2. The first-order valence-electron chi connectivity index (χ1n) is 5.51. The Hall–Kier alpha value is -0.480. The summed E-state index contributed by atoms with van der Waals surface area (Å²) < 4.78 is 0. The van der Waals surface area contributed by atoms with Crippen LogP contribution in [0.4, 0.5) is 0 Å². The van der Waals surface area contributed by atoms with Crippen LogP contribution in [-0.4, -0.2) is 48.5 Å². The molecule has 0 unspecified atom stereocenters. The molecule has 86 valence electrons. The highest BCUT2D eigenvalue weighted by Crippen LogP contribution is 2.06. The van der Waals surface area contributed by atoms with Crippen molar-refractivity contribution >= 4 is 17.7 Å². The van der Waals surface area contributed by atoms with E-state index in [0.717, 1.165) is 31.1 Å². The van der Waals surface area contributed by atoms with Crippen LogP contribution in [0.2, 0.25) is 0 Å². The second-order valence-corrected chi connectivity index (χ2v) is 4.78. The maximum atomic E-state index is 11.6. The summed E-state index contributed by atoms with van der Waals surface area (Å²) in [6.07, 6.45) is 4.24. The summed E-state index contributed by atoms with van der Waals surface area (Å²) in [6, 6.07) is 0. The molecule has 0 bridgehead atoms. The molecule has 1 saturated heterocycles. The van der Waals surface area contributed by atoms with Gasteiger partial charge in [-0.15, -0.1) is 6.58 Å². The maximum Gasteiger partial charge on any atom is 0.236 e. The third kappa shape index (κ3) is 5.23. The van der Waals surface area contributed by atoms with E-state index in [0.29, 0.717) is 6.54 Å². The fraction of sp³-hybridized carbons (Fsp3) is 0.727. The molecule has 0 aliphatic carbocycles. The minimum atomic E-state index is 0.251. The fourth-order valence-corrected chi connectivity index (χ4v) is 2.21. The van der Waals surface area contributed by atoms with Crippen molar-refractivity contribution in [1.29, 1.82) is 0 Å². The van der Waals surface area contributed by atoms with Crippen molar-refractivity contribution in [2.45, 2.75) is 12.8 Å². The van der Waals surface area contributed by atoms with E-state index in [2.05, 4.69) is 11.9 Å². The maximum absolute atomic E-state index is 11.6. The number of hydrogen-bond acceptors (Lipinski definition) is 3. The Balaban J connectivity index is 1.94. The first-order chi connectivity index (χ1) is 7.34. The zero-order valence-corrected chi connectivity index (χ0v) is 10.0. The molecule has 0 saturated carbocycles. The minimum absolute atomic E-state index is 0.251. The summed E-state index contributed by atoms with van der Waals surface area (Å²) in [5, 5.41) is 3.17. The highest BCUT2D eigenvalue weighted by atomic mass is 32.2. The summed E-state index contributed by atoms with van der Waals surface area (Å²) in [4.78, 5) is 13.5. The molecule has 0 aromatic rings. The molecule has 0 aromatic heterocycles. The predicted octanol–water partition coefficient (Wildman–Crippen LogP) is 1.12. The van der Waals surface area contributed by atoms with E-state index in [-0.39, 0.29) is 5.91 Å². The average molecular weight is 228 g/mol. The van der Waals surface area contributed by atoms with Gasteiger partial charge in [-0.1, -0.05) is 6.08 Å². The van der Waals surface area contributed by atoms with Crippen molar-refractivity contribution in [3.05, 3.63) is 12.7 Å². The lowest BCUT2D eigenvalue weighted by Gasteiger charge is -2.15. The summed E-state index contributed by atoms with van der Waals surface area (Å²) in [5.74, 6) is 2.28. The van der Waals surface area contributed by atoms with Gasteiger partial charge in [0.15, 0.2) is 0 Å². The van der Waals surface area contributed by atoms with E-state index in [1.165, 1.54) is 12.8 Å². The summed E-state index contributed by atoms with van der Waals surface area (Å²) in [5.41, 5.74) is 0. The average Bonchev–Trinajstić information content (AvgIpc) is 2.76. The van der Waals surface area contributed by atoms with Crippen LogP contribution in [0.25, 0.3) is 0 Å². The van der Waals surface area contributed by atoms with Gasteiger partial charge >= 0.3 is 0 Å².